The van der Waals surface area contributed by atoms with Crippen LogP contribution in [0.3, 0.4) is 0 Å². The minimum absolute atomic E-state index is 0.218. The van der Waals surface area contributed by atoms with E-state index in [9.17, 15) is 8.42 Å². The second kappa shape index (κ2) is 4.37. The fourth-order valence-corrected chi connectivity index (χ4v) is 3.06. The maximum atomic E-state index is 11.5. The van der Waals surface area contributed by atoms with Gasteiger partial charge in [0.15, 0.2) is 9.84 Å². The predicted molar refractivity (Wildman–Crippen MR) is 62.3 cm³/mol. The maximum absolute atomic E-state index is 11.5. The fraction of sp³-hybridized carbons (Fsp3) is 0.600. The molecule has 1 aliphatic rings. The van der Waals surface area contributed by atoms with Crippen LogP contribution in [0.1, 0.15) is 12.2 Å². The lowest BCUT2D eigenvalue weighted by atomic mass is 10.4. The van der Waals surface area contributed by atoms with E-state index >= 15 is 0 Å². The Balaban J connectivity index is 2.17. The molecule has 0 radical (unpaired) electrons. The van der Waals surface area contributed by atoms with E-state index in [2.05, 4.69) is 9.97 Å². The first-order chi connectivity index (χ1) is 7.57. The molecule has 0 amide bonds. The van der Waals surface area contributed by atoms with Gasteiger partial charge in [-0.1, -0.05) is 0 Å². The maximum Gasteiger partial charge on any atom is 0.152 e. The van der Waals surface area contributed by atoms with Gasteiger partial charge in [0.1, 0.15) is 11.6 Å². The third-order valence-corrected chi connectivity index (χ3v) is 4.36. The van der Waals surface area contributed by atoms with E-state index in [1.807, 2.05) is 17.9 Å². The van der Waals surface area contributed by atoms with Crippen molar-refractivity contribution in [2.45, 2.75) is 13.3 Å². The van der Waals surface area contributed by atoms with Gasteiger partial charge < -0.3 is 4.90 Å². The highest BCUT2D eigenvalue weighted by Gasteiger charge is 2.19. The van der Waals surface area contributed by atoms with Gasteiger partial charge in [-0.2, -0.15) is 0 Å². The predicted octanol–water partition coefficient (Wildman–Crippen LogP) is 0.410. The largest absolute Gasteiger partial charge is 0.355 e. The lowest BCUT2D eigenvalue weighted by molar-refractivity contribution is 0.597. The molecule has 2 rings (SSSR count). The normalized spacial score (nSPS) is 20.4. The number of hydrogen-bond donors (Lipinski definition) is 0. The first-order valence-electron chi connectivity index (χ1n) is 5.32. The van der Waals surface area contributed by atoms with Crippen molar-refractivity contribution in [2.24, 2.45) is 0 Å². The number of aryl methyl sites for hydroxylation is 1. The molecule has 1 aliphatic heterocycles. The smallest absolute Gasteiger partial charge is 0.152 e. The summed E-state index contributed by atoms with van der Waals surface area (Å²) in [5.74, 6) is 2.04. The number of aromatic nitrogens is 2. The second-order valence-electron chi connectivity index (χ2n) is 3.95. The quantitative estimate of drug-likeness (QED) is 0.712. The lowest BCUT2D eigenvalue weighted by Crippen LogP contribution is -2.27. The molecule has 88 valence electrons. The van der Waals surface area contributed by atoms with Crippen LogP contribution in [0.5, 0.6) is 0 Å². The molecule has 0 aliphatic carbocycles. The zero-order chi connectivity index (χ0) is 11.6. The lowest BCUT2D eigenvalue weighted by Gasteiger charge is -2.20. The Labute approximate surface area is 95.4 Å². The average molecular weight is 241 g/mol. The number of sulfone groups is 1. The molecule has 1 saturated heterocycles. The monoisotopic (exact) mass is 241 g/mol. The van der Waals surface area contributed by atoms with E-state index in [1.54, 1.807) is 6.20 Å². The SMILES string of the molecule is Cc1nccc(N2CCCS(=O)(=O)CC2)n1. The minimum atomic E-state index is -2.86. The third-order valence-electron chi connectivity index (χ3n) is 2.64. The summed E-state index contributed by atoms with van der Waals surface area (Å²) in [5.41, 5.74) is 0. The van der Waals surface area contributed by atoms with Crippen LogP contribution in [0.25, 0.3) is 0 Å². The van der Waals surface area contributed by atoms with Crippen molar-refractivity contribution in [3.8, 4) is 0 Å². The van der Waals surface area contributed by atoms with Crippen LogP contribution in [-0.2, 0) is 9.84 Å². The van der Waals surface area contributed by atoms with Crippen molar-refractivity contribution in [3.63, 3.8) is 0 Å². The number of hydrogen-bond acceptors (Lipinski definition) is 5. The van der Waals surface area contributed by atoms with Gasteiger partial charge in [0.05, 0.1) is 11.5 Å². The van der Waals surface area contributed by atoms with Gasteiger partial charge in [-0.15, -0.1) is 0 Å². The Morgan fingerprint density at radius 2 is 2.12 bits per heavy atom. The Bertz CT molecular complexity index is 473. The highest BCUT2D eigenvalue weighted by molar-refractivity contribution is 7.91. The standard InChI is InChI=1S/C10H15N3O2S/c1-9-11-4-3-10(12-9)13-5-2-7-16(14,15)8-6-13/h3-4H,2,5-8H2,1H3. The fourth-order valence-electron chi connectivity index (χ4n) is 1.79. The van der Waals surface area contributed by atoms with E-state index in [-0.39, 0.29) is 11.5 Å². The Morgan fingerprint density at radius 1 is 1.31 bits per heavy atom. The van der Waals surface area contributed by atoms with Gasteiger partial charge in [-0.25, -0.2) is 18.4 Å². The Hall–Kier alpha value is -1.17. The van der Waals surface area contributed by atoms with Crippen molar-refractivity contribution < 1.29 is 8.42 Å². The summed E-state index contributed by atoms with van der Waals surface area (Å²) >= 11 is 0. The van der Waals surface area contributed by atoms with Crippen molar-refractivity contribution in [3.05, 3.63) is 18.1 Å². The van der Waals surface area contributed by atoms with Crippen LogP contribution < -0.4 is 4.90 Å². The first-order valence-corrected chi connectivity index (χ1v) is 7.14. The van der Waals surface area contributed by atoms with E-state index in [1.165, 1.54) is 0 Å². The zero-order valence-electron chi connectivity index (χ0n) is 9.26. The summed E-state index contributed by atoms with van der Waals surface area (Å²) in [6.07, 6.45) is 2.38. The molecule has 0 atom stereocenters. The summed E-state index contributed by atoms with van der Waals surface area (Å²) < 4.78 is 22.9. The highest BCUT2D eigenvalue weighted by Crippen LogP contribution is 2.13. The highest BCUT2D eigenvalue weighted by atomic mass is 32.2. The molecular weight excluding hydrogens is 226 g/mol. The van der Waals surface area contributed by atoms with Gasteiger partial charge in [0, 0.05) is 19.3 Å². The van der Waals surface area contributed by atoms with Crippen LogP contribution in [0.15, 0.2) is 12.3 Å². The molecule has 1 fully saturated rings. The van der Waals surface area contributed by atoms with Gasteiger partial charge in [0.2, 0.25) is 0 Å². The minimum Gasteiger partial charge on any atom is -0.355 e. The van der Waals surface area contributed by atoms with Gasteiger partial charge in [-0.05, 0) is 19.4 Å². The number of nitrogens with zero attached hydrogens (tertiary/aromatic N) is 3. The van der Waals surface area contributed by atoms with Crippen LogP contribution in [0.4, 0.5) is 5.82 Å². The van der Waals surface area contributed by atoms with Crippen molar-refractivity contribution >= 4 is 15.7 Å². The van der Waals surface area contributed by atoms with Crippen molar-refractivity contribution in [1.82, 2.24) is 9.97 Å². The molecule has 2 heterocycles. The molecule has 1 aromatic rings. The molecule has 1 aromatic heterocycles. The molecule has 6 heteroatoms. The second-order valence-corrected chi connectivity index (χ2v) is 6.26. The molecule has 0 aromatic carbocycles. The van der Waals surface area contributed by atoms with Gasteiger partial charge in [0.25, 0.3) is 0 Å². The molecule has 5 nitrogen and oxygen atoms in total. The first kappa shape index (κ1) is 11.3. The molecule has 16 heavy (non-hydrogen) atoms. The van der Waals surface area contributed by atoms with Crippen molar-refractivity contribution in [1.29, 1.82) is 0 Å². The van der Waals surface area contributed by atoms with Crippen LogP contribution in [-0.4, -0.2) is 43.0 Å². The van der Waals surface area contributed by atoms with Crippen molar-refractivity contribution in [2.75, 3.05) is 29.5 Å². The number of anilines is 1. The Morgan fingerprint density at radius 3 is 2.88 bits per heavy atom. The van der Waals surface area contributed by atoms with Crippen LogP contribution >= 0.6 is 0 Å². The molecular formula is C10H15N3O2S. The molecule has 0 spiro atoms. The van der Waals surface area contributed by atoms with Gasteiger partial charge in [-0.3, -0.25) is 0 Å². The number of rotatable bonds is 1. The molecule has 0 N–H and O–H groups in total. The Kier molecular flexibility index (Phi) is 3.09. The third kappa shape index (κ3) is 2.69. The van der Waals surface area contributed by atoms with E-state index in [4.69, 9.17) is 0 Å². The molecule has 0 unspecified atom stereocenters. The van der Waals surface area contributed by atoms with E-state index < -0.39 is 9.84 Å². The zero-order valence-corrected chi connectivity index (χ0v) is 10.1. The molecule has 0 saturated carbocycles. The average Bonchev–Trinajstić information content (AvgIpc) is 2.39. The summed E-state index contributed by atoms with van der Waals surface area (Å²) in [4.78, 5) is 10.4. The topological polar surface area (TPSA) is 63.2 Å². The van der Waals surface area contributed by atoms with E-state index in [0.717, 1.165) is 12.4 Å². The molecule has 0 bridgehead atoms. The van der Waals surface area contributed by atoms with E-state index in [0.29, 0.717) is 18.8 Å². The van der Waals surface area contributed by atoms with Crippen LogP contribution in [0, 0.1) is 6.92 Å². The summed E-state index contributed by atoms with van der Waals surface area (Å²) in [7, 11) is -2.86. The summed E-state index contributed by atoms with van der Waals surface area (Å²) in [6, 6.07) is 1.82. The van der Waals surface area contributed by atoms with Gasteiger partial charge >= 0.3 is 0 Å². The summed E-state index contributed by atoms with van der Waals surface area (Å²) in [5, 5.41) is 0. The summed E-state index contributed by atoms with van der Waals surface area (Å²) in [6.45, 7) is 3.10. The van der Waals surface area contributed by atoms with Crippen LogP contribution in [0.2, 0.25) is 0 Å².